The van der Waals surface area contributed by atoms with Crippen LogP contribution in [0.1, 0.15) is 12.6 Å². The highest BCUT2D eigenvalue weighted by Gasteiger charge is 2.43. The summed E-state index contributed by atoms with van der Waals surface area (Å²) >= 11 is 0. The Kier molecular flexibility index (Phi) is 8.71. The average molecular weight is 642 g/mol. The second kappa shape index (κ2) is 11.6. The first-order chi connectivity index (χ1) is 19.0. The zero-order valence-corrected chi connectivity index (χ0v) is 22.7. The van der Waals surface area contributed by atoms with E-state index in [1.165, 1.54) is 23.5 Å². The van der Waals surface area contributed by atoms with Crippen molar-refractivity contribution in [3.05, 3.63) is 29.3 Å². The molecule has 1 aliphatic heterocycles. The van der Waals surface area contributed by atoms with E-state index in [0.717, 1.165) is 0 Å². The molecular formula is C15H21N10O13P3. The first-order valence-corrected chi connectivity index (χ1v) is 15.3. The molecule has 0 saturated carbocycles. The molecule has 1 saturated heterocycles. The number of nitrogens with one attached hydrogen (secondary N) is 2. The highest BCUT2D eigenvalue weighted by molar-refractivity contribution is 7.66. The first-order valence-electron chi connectivity index (χ1n) is 10.8. The van der Waals surface area contributed by atoms with Crippen molar-refractivity contribution in [2.45, 2.75) is 24.9 Å². The number of phosphoric ester groups is 1. The van der Waals surface area contributed by atoms with Gasteiger partial charge in [-0.15, -0.1) is 0 Å². The largest absolute Gasteiger partial charge is 0.490 e. The van der Waals surface area contributed by atoms with Gasteiger partial charge in [-0.3, -0.25) is 18.9 Å². The van der Waals surface area contributed by atoms with E-state index in [0.29, 0.717) is 22.3 Å². The van der Waals surface area contributed by atoms with Crippen molar-refractivity contribution in [3.63, 3.8) is 0 Å². The number of hydrogen-bond acceptors (Lipinski definition) is 16. The molecule has 0 aromatic carbocycles. The number of aliphatic hydroxyl groups is 1. The van der Waals surface area contributed by atoms with Crippen molar-refractivity contribution in [1.82, 2.24) is 39.5 Å². The summed E-state index contributed by atoms with van der Waals surface area (Å²) < 4.78 is 52.3. The zero-order valence-electron chi connectivity index (χ0n) is 20.1. The molecule has 0 radical (unpaired) electrons. The van der Waals surface area contributed by atoms with Crippen LogP contribution >= 0.6 is 23.5 Å². The summed E-state index contributed by atoms with van der Waals surface area (Å²) in [5, 5.41) is 10.1. The number of nitrogens with zero attached hydrogens (tertiary/aromatic N) is 6. The molecule has 4 aromatic heterocycles. The van der Waals surface area contributed by atoms with Gasteiger partial charge in [-0.25, -0.2) is 33.6 Å². The normalized spacial score (nSPS) is 22.2. The number of fused-ring (bicyclic) bond motifs is 2. The summed E-state index contributed by atoms with van der Waals surface area (Å²) in [6.07, 6.45) is 0.752. The van der Waals surface area contributed by atoms with Crippen molar-refractivity contribution in [3.8, 4) is 0 Å². The summed E-state index contributed by atoms with van der Waals surface area (Å²) in [6, 6.07) is 0. The minimum atomic E-state index is -5.64. The van der Waals surface area contributed by atoms with Gasteiger partial charge >= 0.3 is 23.5 Å². The fourth-order valence-corrected chi connectivity index (χ4v) is 6.48. The third-order valence-electron chi connectivity index (χ3n) is 5.03. The third kappa shape index (κ3) is 7.77. The molecule has 11 N–H and O–H groups in total. The Bertz CT molecular complexity index is 1750. The lowest BCUT2D eigenvalue weighted by atomic mass is 10.2. The summed E-state index contributed by atoms with van der Waals surface area (Å²) in [4.78, 5) is 71.0. The van der Waals surface area contributed by atoms with Crippen LogP contribution in [0.4, 0.5) is 11.8 Å². The van der Waals surface area contributed by atoms with Gasteiger partial charge in [-0.1, -0.05) is 0 Å². The first kappa shape index (κ1) is 30.8. The fraction of sp³-hybridized carbons (Fsp3) is 0.333. The number of aliphatic hydroxyl groups excluding tert-OH is 1. The van der Waals surface area contributed by atoms with Gasteiger partial charge in [0.2, 0.25) is 5.95 Å². The predicted molar refractivity (Wildman–Crippen MR) is 133 cm³/mol. The molecule has 0 aliphatic carbocycles. The number of nitrogen functional groups attached to an aromatic ring is 2. The Labute approximate surface area is 226 Å². The van der Waals surface area contributed by atoms with Crippen LogP contribution in [0.5, 0.6) is 0 Å². The molecule has 5 heterocycles. The summed E-state index contributed by atoms with van der Waals surface area (Å²) in [6.45, 7) is -0.787. The number of rotatable bonds is 8. The topological polar surface area (TPSA) is 359 Å². The van der Waals surface area contributed by atoms with Crippen molar-refractivity contribution >= 4 is 57.6 Å². The lowest BCUT2D eigenvalue weighted by Gasteiger charge is -2.19. The van der Waals surface area contributed by atoms with Crippen molar-refractivity contribution in [2.75, 3.05) is 18.1 Å². The lowest BCUT2D eigenvalue weighted by Crippen LogP contribution is -2.26. The van der Waals surface area contributed by atoms with Crippen LogP contribution in [0.15, 0.2) is 23.8 Å². The van der Waals surface area contributed by atoms with Crippen LogP contribution in [0, 0.1) is 0 Å². The molecule has 23 nitrogen and oxygen atoms in total. The molecule has 0 spiro atoms. The number of imidazole rings is 2. The summed E-state index contributed by atoms with van der Waals surface area (Å²) in [5.74, 6) is 0.205. The SMILES string of the molecule is Nc1nc2nc[nH]c2c(=O)[nH]1.Nc1ncnc2c1ncn2[C@H]1C[C@H](O)[C@@H](COP(=O)(O)OP(=O)(O)OP(=O)(O)O)O1. The van der Waals surface area contributed by atoms with Crippen LogP contribution < -0.4 is 17.0 Å². The molecule has 224 valence electrons. The Hall–Kier alpha value is -3.17. The minimum Gasteiger partial charge on any atom is -0.390 e. The molecule has 0 bridgehead atoms. The molecule has 0 amide bonds. The van der Waals surface area contributed by atoms with E-state index in [4.69, 9.17) is 30.9 Å². The van der Waals surface area contributed by atoms with Crippen molar-refractivity contribution in [2.24, 2.45) is 0 Å². The van der Waals surface area contributed by atoms with Crippen LogP contribution in [0.25, 0.3) is 22.3 Å². The Morgan fingerprint density at radius 2 is 1.80 bits per heavy atom. The number of phosphoric acid groups is 3. The Morgan fingerprint density at radius 1 is 1.07 bits per heavy atom. The van der Waals surface area contributed by atoms with E-state index in [1.807, 2.05) is 0 Å². The van der Waals surface area contributed by atoms with Crippen molar-refractivity contribution in [1.29, 1.82) is 0 Å². The van der Waals surface area contributed by atoms with E-state index in [1.54, 1.807) is 0 Å². The molecule has 1 aliphatic rings. The molecule has 5 rings (SSSR count). The maximum Gasteiger partial charge on any atom is 0.490 e. The van der Waals surface area contributed by atoms with Crippen LogP contribution in [0.3, 0.4) is 0 Å². The van der Waals surface area contributed by atoms with Gasteiger partial charge in [0.25, 0.3) is 5.56 Å². The summed E-state index contributed by atoms with van der Waals surface area (Å²) in [7, 11) is -16.5. The average Bonchev–Trinajstić information content (AvgIpc) is 3.54. The monoisotopic (exact) mass is 642 g/mol. The Balaban J connectivity index is 0.000000291. The number of aromatic amines is 2. The maximum atomic E-state index is 11.8. The van der Waals surface area contributed by atoms with Gasteiger partial charge < -0.3 is 45.9 Å². The van der Waals surface area contributed by atoms with E-state index in [-0.39, 0.29) is 23.7 Å². The van der Waals surface area contributed by atoms with Gasteiger partial charge in [-0.05, 0) is 0 Å². The number of ether oxygens (including phenoxy) is 1. The lowest BCUT2D eigenvalue weighted by molar-refractivity contribution is -0.0423. The second-order valence-corrected chi connectivity index (χ2v) is 12.4. The Morgan fingerprint density at radius 3 is 2.51 bits per heavy atom. The zero-order chi connectivity index (χ0) is 30.2. The van der Waals surface area contributed by atoms with E-state index < -0.39 is 48.5 Å². The number of hydrogen-bond donors (Lipinski definition) is 9. The van der Waals surface area contributed by atoms with Gasteiger partial charge in [0, 0.05) is 6.42 Å². The minimum absolute atomic E-state index is 0.000206. The fourth-order valence-electron chi connectivity index (χ4n) is 3.45. The molecular weight excluding hydrogens is 621 g/mol. The van der Waals surface area contributed by atoms with E-state index in [2.05, 4.69) is 48.0 Å². The van der Waals surface area contributed by atoms with Gasteiger partial charge in [0.15, 0.2) is 22.6 Å². The molecule has 1 fully saturated rings. The molecule has 41 heavy (non-hydrogen) atoms. The molecule has 5 atom stereocenters. The van der Waals surface area contributed by atoms with E-state index >= 15 is 0 Å². The highest BCUT2D eigenvalue weighted by Crippen LogP contribution is 2.66. The smallest absolute Gasteiger partial charge is 0.390 e. The molecule has 2 unspecified atom stereocenters. The highest BCUT2D eigenvalue weighted by atomic mass is 31.3. The number of anilines is 2. The van der Waals surface area contributed by atoms with Gasteiger partial charge in [0.1, 0.15) is 24.2 Å². The van der Waals surface area contributed by atoms with E-state index in [9.17, 15) is 28.5 Å². The quantitative estimate of drug-likeness (QED) is 0.100. The molecule has 26 heteroatoms. The summed E-state index contributed by atoms with van der Waals surface area (Å²) in [5.41, 5.74) is 12.0. The number of nitrogens with two attached hydrogens (primary N) is 2. The van der Waals surface area contributed by atoms with Crippen LogP contribution in [-0.4, -0.2) is 82.9 Å². The molecule has 4 aromatic rings. The van der Waals surface area contributed by atoms with Gasteiger partial charge in [0.05, 0.1) is 25.4 Å². The maximum absolute atomic E-state index is 11.8. The second-order valence-electron chi connectivity index (χ2n) is 7.95. The van der Waals surface area contributed by atoms with Crippen LogP contribution in [-0.2, 0) is 31.6 Å². The standard InChI is InChI=1S/C10H16N5O12P3.C5H5N5O/c11-9-8-10(13-3-12-9)15(4-14-8)7-1-5(16)6(25-7)2-24-29(20,21)27-30(22,23)26-28(17,18)19;6-5-9-3-2(4(11)10-5)7-1-8-3/h3-7,16H,1-2H2,(H,20,21)(H,22,23)(H2,11,12,13)(H2,17,18,19);1H,(H4,6,7,8,9,10,11)/t5-,6+,7+;/m0./s1. The van der Waals surface area contributed by atoms with Crippen LogP contribution in [0.2, 0.25) is 0 Å². The number of H-pyrrole nitrogens is 2. The van der Waals surface area contributed by atoms with Crippen molar-refractivity contribution < 1.29 is 56.3 Å². The third-order valence-corrected chi connectivity index (χ3v) is 8.84. The predicted octanol–water partition coefficient (Wildman–Crippen LogP) is -1.37. The number of aromatic nitrogens is 8. The van der Waals surface area contributed by atoms with Gasteiger partial charge in [-0.2, -0.15) is 13.6 Å².